The van der Waals surface area contributed by atoms with E-state index in [0.29, 0.717) is 0 Å². The van der Waals surface area contributed by atoms with Crippen LogP contribution in [0.4, 0.5) is 0 Å². The molecular formula is C15H23NO2. The number of rotatable bonds is 5. The fraction of sp³-hybridized carbons (Fsp3) is 0.533. The number of nitrogens with one attached hydrogen (secondary N) is 1. The van der Waals surface area contributed by atoms with Crippen molar-refractivity contribution in [2.75, 3.05) is 7.11 Å². The summed E-state index contributed by atoms with van der Waals surface area (Å²) in [5, 5.41) is 3.35. The van der Waals surface area contributed by atoms with Gasteiger partial charge in [0.25, 0.3) is 0 Å². The molecule has 1 rings (SSSR count). The molecule has 0 spiro atoms. The van der Waals surface area contributed by atoms with Gasteiger partial charge in [-0.25, -0.2) is 0 Å². The Balaban J connectivity index is 2.82. The van der Waals surface area contributed by atoms with Gasteiger partial charge in [0, 0.05) is 6.04 Å². The number of carbonyl (C=O) groups is 1. The Labute approximate surface area is 110 Å². The topological polar surface area (TPSA) is 38.3 Å². The van der Waals surface area contributed by atoms with Gasteiger partial charge in [-0.2, -0.15) is 0 Å². The molecule has 1 aromatic carbocycles. The lowest BCUT2D eigenvalue weighted by molar-refractivity contribution is -0.144. The summed E-state index contributed by atoms with van der Waals surface area (Å²) in [5.41, 5.74) is 2.44. The van der Waals surface area contributed by atoms with Gasteiger partial charge in [-0.15, -0.1) is 0 Å². The van der Waals surface area contributed by atoms with E-state index in [2.05, 4.69) is 31.3 Å². The van der Waals surface area contributed by atoms with Crippen molar-refractivity contribution in [2.45, 2.75) is 39.8 Å². The number of methoxy groups -OCH3 is 1. The number of aryl methyl sites for hydroxylation is 1. The van der Waals surface area contributed by atoms with E-state index in [9.17, 15) is 4.79 Å². The number of hydrogen-bond acceptors (Lipinski definition) is 3. The summed E-state index contributed by atoms with van der Waals surface area (Å²) >= 11 is 0. The Morgan fingerprint density at radius 3 is 2.33 bits per heavy atom. The zero-order chi connectivity index (χ0) is 13.7. The SMILES string of the molecule is COC(=O)[C@@H](NC(C)c1ccccc1C)C(C)C. The molecule has 0 aliphatic heterocycles. The monoisotopic (exact) mass is 249 g/mol. The quantitative estimate of drug-likeness (QED) is 0.815. The van der Waals surface area contributed by atoms with Gasteiger partial charge in [-0.05, 0) is 30.9 Å². The number of hydrogen-bond donors (Lipinski definition) is 1. The van der Waals surface area contributed by atoms with Crippen LogP contribution in [0.3, 0.4) is 0 Å². The second kappa shape index (κ2) is 6.55. The van der Waals surface area contributed by atoms with Crippen LogP contribution in [-0.2, 0) is 9.53 Å². The van der Waals surface area contributed by atoms with Crippen LogP contribution in [0.5, 0.6) is 0 Å². The Morgan fingerprint density at radius 1 is 1.22 bits per heavy atom. The summed E-state index contributed by atoms with van der Waals surface area (Å²) in [5.74, 6) is -0.00523. The molecule has 3 nitrogen and oxygen atoms in total. The van der Waals surface area contributed by atoms with Crippen molar-refractivity contribution in [3.8, 4) is 0 Å². The van der Waals surface area contributed by atoms with Crippen molar-refractivity contribution in [1.29, 1.82) is 0 Å². The fourth-order valence-electron chi connectivity index (χ4n) is 2.09. The first kappa shape index (κ1) is 14.7. The molecule has 0 amide bonds. The summed E-state index contributed by atoms with van der Waals surface area (Å²) in [6, 6.07) is 8.05. The highest BCUT2D eigenvalue weighted by atomic mass is 16.5. The Kier molecular flexibility index (Phi) is 5.35. The highest BCUT2D eigenvalue weighted by molar-refractivity contribution is 5.76. The van der Waals surface area contributed by atoms with E-state index in [1.807, 2.05) is 26.0 Å². The minimum atomic E-state index is -0.274. The van der Waals surface area contributed by atoms with Crippen molar-refractivity contribution in [3.05, 3.63) is 35.4 Å². The molecule has 0 radical (unpaired) electrons. The molecular weight excluding hydrogens is 226 g/mol. The van der Waals surface area contributed by atoms with Gasteiger partial charge in [0.15, 0.2) is 0 Å². The third-order valence-electron chi connectivity index (χ3n) is 3.21. The summed E-state index contributed by atoms with van der Waals surface area (Å²) < 4.78 is 4.84. The average Bonchev–Trinajstić information content (AvgIpc) is 2.35. The van der Waals surface area contributed by atoms with Gasteiger partial charge >= 0.3 is 5.97 Å². The van der Waals surface area contributed by atoms with E-state index in [4.69, 9.17) is 4.74 Å². The first-order valence-electron chi connectivity index (χ1n) is 6.36. The lowest BCUT2D eigenvalue weighted by atomic mass is 9.98. The van der Waals surface area contributed by atoms with Crippen LogP contribution in [0.1, 0.15) is 37.9 Å². The molecule has 1 N–H and O–H groups in total. The second-order valence-corrected chi connectivity index (χ2v) is 4.99. The van der Waals surface area contributed by atoms with Crippen molar-refractivity contribution in [1.82, 2.24) is 5.32 Å². The van der Waals surface area contributed by atoms with Gasteiger partial charge in [0.05, 0.1) is 7.11 Å². The summed E-state index contributed by atoms with van der Waals surface area (Å²) in [4.78, 5) is 11.7. The van der Waals surface area contributed by atoms with E-state index in [1.54, 1.807) is 0 Å². The molecule has 100 valence electrons. The third-order valence-corrected chi connectivity index (χ3v) is 3.21. The van der Waals surface area contributed by atoms with E-state index in [0.717, 1.165) is 0 Å². The van der Waals surface area contributed by atoms with E-state index >= 15 is 0 Å². The maximum atomic E-state index is 11.7. The Morgan fingerprint density at radius 2 is 1.83 bits per heavy atom. The first-order valence-corrected chi connectivity index (χ1v) is 6.36. The summed E-state index contributed by atoms with van der Waals surface area (Å²) in [6.07, 6.45) is 0. The first-order chi connectivity index (χ1) is 8.47. The predicted molar refractivity (Wildman–Crippen MR) is 73.4 cm³/mol. The number of benzene rings is 1. The zero-order valence-electron chi connectivity index (χ0n) is 11.9. The van der Waals surface area contributed by atoms with E-state index in [-0.39, 0.29) is 24.0 Å². The van der Waals surface area contributed by atoms with E-state index in [1.165, 1.54) is 18.2 Å². The molecule has 0 aromatic heterocycles. The highest BCUT2D eigenvalue weighted by Crippen LogP contribution is 2.19. The molecule has 0 fully saturated rings. The van der Waals surface area contributed by atoms with Gasteiger partial charge < -0.3 is 4.74 Å². The Bertz CT molecular complexity index is 401. The van der Waals surface area contributed by atoms with Crippen molar-refractivity contribution in [3.63, 3.8) is 0 Å². The van der Waals surface area contributed by atoms with Crippen LogP contribution in [0.25, 0.3) is 0 Å². The van der Waals surface area contributed by atoms with Crippen LogP contribution < -0.4 is 5.32 Å². The lowest BCUT2D eigenvalue weighted by Gasteiger charge is -2.25. The normalized spacial score (nSPS) is 14.3. The average molecular weight is 249 g/mol. The van der Waals surface area contributed by atoms with Crippen molar-refractivity contribution in [2.24, 2.45) is 5.92 Å². The van der Waals surface area contributed by atoms with Crippen LogP contribution in [0, 0.1) is 12.8 Å². The minimum absolute atomic E-state index is 0.123. The Hall–Kier alpha value is -1.35. The second-order valence-electron chi connectivity index (χ2n) is 4.99. The molecule has 0 aliphatic rings. The van der Waals surface area contributed by atoms with Crippen LogP contribution in [-0.4, -0.2) is 19.1 Å². The maximum absolute atomic E-state index is 11.7. The lowest BCUT2D eigenvalue weighted by Crippen LogP contribution is -2.43. The molecule has 0 aliphatic carbocycles. The molecule has 1 aromatic rings. The maximum Gasteiger partial charge on any atom is 0.323 e. The molecule has 0 heterocycles. The number of esters is 1. The summed E-state index contributed by atoms with van der Waals surface area (Å²) in [7, 11) is 1.43. The van der Waals surface area contributed by atoms with Gasteiger partial charge in [-0.1, -0.05) is 38.1 Å². The summed E-state index contributed by atoms with van der Waals surface area (Å²) in [6.45, 7) is 8.18. The van der Waals surface area contributed by atoms with E-state index < -0.39 is 0 Å². The minimum Gasteiger partial charge on any atom is -0.468 e. The standard InChI is InChI=1S/C15H23NO2/c1-10(2)14(15(17)18-5)16-12(4)13-9-7-6-8-11(13)3/h6-10,12,14,16H,1-5H3/t12?,14-/m0/s1. The van der Waals surface area contributed by atoms with Crippen molar-refractivity contribution < 1.29 is 9.53 Å². The fourth-order valence-corrected chi connectivity index (χ4v) is 2.09. The van der Waals surface area contributed by atoms with Crippen LogP contribution in [0.15, 0.2) is 24.3 Å². The molecule has 2 atom stereocenters. The number of ether oxygens (including phenoxy) is 1. The van der Waals surface area contributed by atoms with Gasteiger partial charge in [0.1, 0.15) is 6.04 Å². The highest BCUT2D eigenvalue weighted by Gasteiger charge is 2.25. The number of carbonyl (C=O) groups excluding carboxylic acids is 1. The van der Waals surface area contributed by atoms with Crippen LogP contribution >= 0.6 is 0 Å². The van der Waals surface area contributed by atoms with Gasteiger partial charge in [-0.3, -0.25) is 10.1 Å². The molecule has 0 saturated carbocycles. The molecule has 1 unspecified atom stereocenters. The molecule has 18 heavy (non-hydrogen) atoms. The molecule has 3 heteroatoms. The molecule has 0 bridgehead atoms. The van der Waals surface area contributed by atoms with Crippen LogP contribution in [0.2, 0.25) is 0 Å². The van der Waals surface area contributed by atoms with Crippen molar-refractivity contribution >= 4 is 5.97 Å². The predicted octanol–water partition coefficient (Wildman–Crippen LogP) is 2.84. The zero-order valence-corrected chi connectivity index (χ0v) is 11.9. The molecule has 0 saturated heterocycles. The largest absolute Gasteiger partial charge is 0.468 e. The van der Waals surface area contributed by atoms with Gasteiger partial charge in [0.2, 0.25) is 0 Å². The third kappa shape index (κ3) is 3.57. The smallest absolute Gasteiger partial charge is 0.323 e.